The lowest BCUT2D eigenvalue weighted by Crippen LogP contribution is -2.05. The number of hydrogen-bond donors (Lipinski definition) is 1. The molecule has 0 unspecified atom stereocenters. The molecule has 0 amide bonds. The second-order valence-electron chi connectivity index (χ2n) is 5.37. The third kappa shape index (κ3) is 4.89. The molecular weight excluding hydrogens is 282 g/mol. The van der Waals surface area contributed by atoms with Crippen LogP contribution in [0.15, 0.2) is 78.9 Å². The van der Waals surface area contributed by atoms with Gasteiger partial charge in [0.2, 0.25) is 0 Å². The summed E-state index contributed by atoms with van der Waals surface area (Å²) in [7, 11) is 0. The summed E-state index contributed by atoms with van der Waals surface area (Å²) >= 11 is 0. The van der Waals surface area contributed by atoms with Crippen LogP contribution in [0.4, 0.5) is 5.69 Å². The molecule has 0 saturated carbocycles. The first-order valence-electron chi connectivity index (χ1n) is 7.86. The zero-order valence-electron chi connectivity index (χ0n) is 13.0. The van der Waals surface area contributed by atoms with E-state index in [1.165, 1.54) is 11.1 Å². The van der Waals surface area contributed by atoms with Gasteiger partial charge >= 0.3 is 0 Å². The molecule has 3 rings (SSSR count). The van der Waals surface area contributed by atoms with Gasteiger partial charge in [0.25, 0.3) is 0 Å². The molecule has 2 heteroatoms. The highest BCUT2D eigenvalue weighted by atomic mass is 16.5. The molecule has 0 fully saturated rings. The van der Waals surface area contributed by atoms with Gasteiger partial charge < -0.3 is 10.1 Å². The fourth-order valence-electron chi connectivity index (χ4n) is 2.36. The third-order valence-electron chi connectivity index (χ3n) is 3.59. The van der Waals surface area contributed by atoms with Gasteiger partial charge in [-0.15, -0.1) is 0 Å². The molecule has 0 atom stereocenters. The van der Waals surface area contributed by atoms with Crippen LogP contribution in [0.25, 0.3) is 0 Å². The number of benzene rings is 3. The van der Waals surface area contributed by atoms with Crippen LogP contribution in [0.1, 0.15) is 11.1 Å². The van der Waals surface area contributed by atoms with Crippen LogP contribution >= 0.6 is 0 Å². The summed E-state index contributed by atoms with van der Waals surface area (Å²) in [5, 5.41) is 3.40. The minimum Gasteiger partial charge on any atom is -0.489 e. The van der Waals surface area contributed by atoms with E-state index in [4.69, 9.17) is 4.74 Å². The molecular formula is C21H20NO. The van der Waals surface area contributed by atoms with Crippen molar-refractivity contribution in [3.05, 3.63) is 96.1 Å². The summed E-state index contributed by atoms with van der Waals surface area (Å²) in [5.74, 6) is 0.856. The van der Waals surface area contributed by atoms with E-state index in [0.29, 0.717) is 6.61 Å². The van der Waals surface area contributed by atoms with Crippen molar-refractivity contribution in [1.29, 1.82) is 0 Å². The van der Waals surface area contributed by atoms with Crippen LogP contribution in [0, 0.1) is 6.07 Å². The molecule has 0 bridgehead atoms. The molecule has 0 aliphatic heterocycles. The summed E-state index contributed by atoms with van der Waals surface area (Å²) in [6.45, 7) is 1.46. The second kappa shape index (κ2) is 8.04. The molecule has 3 aromatic rings. The Morgan fingerprint density at radius 2 is 1.52 bits per heavy atom. The lowest BCUT2D eigenvalue weighted by Gasteiger charge is -2.10. The quantitative estimate of drug-likeness (QED) is 0.682. The first kappa shape index (κ1) is 15.2. The van der Waals surface area contributed by atoms with Crippen LogP contribution in [-0.4, -0.2) is 6.54 Å². The summed E-state index contributed by atoms with van der Waals surface area (Å²) in [6, 6.07) is 29.7. The maximum Gasteiger partial charge on any atom is 0.121 e. The standard InChI is InChI=1S/C21H20NO/c1-3-8-18(9-4-1)14-15-22-20-12-7-13-21(16-20)23-17-19-10-5-2-6-11-19/h1-11,13,16,22H,14-15,17H2. The smallest absolute Gasteiger partial charge is 0.121 e. The van der Waals surface area contributed by atoms with Crippen molar-refractivity contribution in [3.63, 3.8) is 0 Å². The summed E-state index contributed by atoms with van der Waals surface area (Å²) < 4.78 is 5.84. The van der Waals surface area contributed by atoms with Gasteiger partial charge in [0.1, 0.15) is 12.4 Å². The molecule has 3 aromatic carbocycles. The SMILES string of the molecule is [c]1ccc(OCc2ccccc2)cc1NCCc1ccccc1. The largest absolute Gasteiger partial charge is 0.489 e. The van der Waals surface area contributed by atoms with Crippen molar-refractivity contribution >= 4 is 5.69 Å². The van der Waals surface area contributed by atoms with Gasteiger partial charge in [-0.1, -0.05) is 60.7 Å². The Morgan fingerprint density at radius 1 is 0.826 bits per heavy atom. The fraction of sp³-hybridized carbons (Fsp3) is 0.143. The van der Waals surface area contributed by atoms with E-state index in [2.05, 4.69) is 47.8 Å². The highest BCUT2D eigenvalue weighted by Crippen LogP contribution is 2.18. The Balaban J connectivity index is 1.51. The minimum absolute atomic E-state index is 0.578. The normalized spacial score (nSPS) is 10.3. The maximum absolute atomic E-state index is 5.84. The van der Waals surface area contributed by atoms with Crippen molar-refractivity contribution in [2.45, 2.75) is 13.0 Å². The van der Waals surface area contributed by atoms with Gasteiger partial charge in [0.05, 0.1) is 0 Å². The van der Waals surface area contributed by atoms with E-state index >= 15 is 0 Å². The lowest BCUT2D eigenvalue weighted by molar-refractivity contribution is 0.306. The zero-order chi connectivity index (χ0) is 15.7. The lowest BCUT2D eigenvalue weighted by atomic mass is 10.1. The molecule has 1 radical (unpaired) electrons. The van der Waals surface area contributed by atoms with E-state index < -0.39 is 0 Å². The average molecular weight is 302 g/mol. The average Bonchev–Trinajstić information content (AvgIpc) is 2.62. The van der Waals surface area contributed by atoms with E-state index in [1.807, 2.05) is 42.5 Å². The van der Waals surface area contributed by atoms with Crippen molar-refractivity contribution < 1.29 is 4.74 Å². The zero-order valence-corrected chi connectivity index (χ0v) is 13.0. The van der Waals surface area contributed by atoms with Gasteiger partial charge in [-0.25, -0.2) is 0 Å². The van der Waals surface area contributed by atoms with E-state index in [1.54, 1.807) is 0 Å². The van der Waals surface area contributed by atoms with Gasteiger partial charge in [0, 0.05) is 24.4 Å². The predicted molar refractivity (Wildman–Crippen MR) is 94.7 cm³/mol. The minimum atomic E-state index is 0.578. The van der Waals surface area contributed by atoms with Crippen molar-refractivity contribution in [3.8, 4) is 5.75 Å². The van der Waals surface area contributed by atoms with Crippen LogP contribution in [0.2, 0.25) is 0 Å². The van der Waals surface area contributed by atoms with Crippen molar-refractivity contribution in [2.75, 3.05) is 11.9 Å². The highest BCUT2D eigenvalue weighted by Gasteiger charge is 1.99. The number of ether oxygens (including phenoxy) is 1. The predicted octanol–water partition coefficient (Wildman–Crippen LogP) is 4.72. The number of nitrogens with one attached hydrogen (secondary N) is 1. The summed E-state index contributed by atoms with van der Waals surface area (Å²) in [4.78, 5) is 0. The molecule has 0 aliphatic rings. The molecule has 1 N–H and O–H groups in total. The molecule has 0 spiro atoms. The Bertz CT molecular complexity index is 710. The van der Waals surface area contributed by atoms with E-state index in [9.17, 15) is 0 Å². The molecule has 0 aromatic heterocycles. The molecule has 115 valence electrons. The van der Waals surface area contributed by atoms with E-state index in [0.717, 1.165) is 24.4 Å². The molecule has 2 nitrogen and oxygen atoms in total. The van der Waals surface area contributed by atoms with Gasteiger partial charge in [0.15, 0.2) is 0 Å². The summed E-state index contributed by atoms with van der Waals surface area (Å²) in [6.07, 6.45) is 0.990. The Labute approximate surface area is 137 Å². The Kier molecular flexibility index (Phi) is 5.30. The van der Waals surface area contributed by atoms with Crippen molar-refractivity contribution in [1.82, 2.24) is 0 Å². The summed E-state index contributed by atoms with van der Waals surface area (Å²) in [5.41, 5.74) is 3.46. The Morgan fingerprint density at radius 3 is 2.26 bits per heavy atom. The number of rotatable bonds is 7. The molecule has 0 heterocycles. The van der Waals surface area contributed by atoms with Gasteiger partial charge in [-0.05, 0) is 29.7 Å². The fourth-order valence-corrected chi connectivity index (χ4v) is 2.36. The second-order valence-corrected chi connectivity index (χ2v) is 5.37. The van der Waals surface area contributed by atoms with Gasteiger partial charge in [-0.3, -0.25) is 0 Å². The molecule has 0 aliphatic carbocycles. The Hall–Kier alpha value is -2.74. The number of anilines is 1. The monoisotopic (exact) mass is 302 g/mol. The highest BCUT2D eigenvalue weighted by molar-refractivity contribution is 5.47. The maximum atomic E-state index is 5.84. The molecule has 23 heavy (non-hydrogen) atoms. The van der Waals surface area contributed by atoms with E-state index in [-0.39, 0.29) is 0 Å². The number of hydrogen-bond acceptors (Lipinski definition) is 2. The first-order chi connectivity index (χ1) is 11.4. The molecule has 0 saturated heterocycles. The van der Waals surface area contributed by atoms with Crippen LogP contribution < -0.4 is 10.1 Å². The first-order valence-corrected chi connectivity index (χ1v) is 7.86. The van der Waals surface area contributed by atoms with Gasteiger partial charge in [-0.2, -0.15) is 0 Å². The van der Waals surface area contributed by atoms with Crippen LogP contribution in [-0.2, 0) is 13.0 Å². The topological polar surface area (TPSA) is 21.3 Å². The third-order valence-corrected chi connectivity index (χ3v) is 3.59. The van der Waals surface area contributed by atoms with Crippen molar-refractivity contribution in [2.24, 2.45) is 0 Å². The van der Waals surface area contributed by atoms with Crippen LogP contribution in [0.3, 0.4) is 0 Å². The van der Waals surface area contributed by atoms with Crippen LogP contribution in [0.5, 0.6) is 5.75 Å².